The Labute approximate surface area is 122 Å². The molecule has 0 radical (unpaired) electrons. The van der Waals surface area contributed by atoms with E-state index in [0.29, 0.717) is 6.42 Å². The van der Waals surface area contributed by atoms with Gasteiger partial charge in [-0.25, -0.2) is 0 Å². The summed E-state index contributed by atoms with van der Waals surface area (Å²) in [5.41, 5.74) is 1.83. The number of carbonyl (C=O) groups excluding carboxylic acids is 1. The highest BCUT2D eigenvalue weighted by molar-refractivity contribution is 9.10. The van der Waals surface area contributed by atoms with Crippen molar-refractivity contribution in [2.24, 2.45) is 0 Å². The number of ether oxygens (including phenoxy) is 1. The molecule has 19 heavy (non-hydrogen) atoms. The van der Waals surface area contributed by atoms with Crippen LogP contribution in [0.25, 0.3) is 0 Å². The average molecular weight is 326 g/mol. The minimum atomic E-state index is -0.216. The minimum Gasteiger partial charge on any atom is -0.378 e. The standard InChI is InChI=1S/C15H20BrNO2/c1-3-11-9-12(16)5-6-13(11)17-14(18)10-15(19-2)7-4-8-15/h5-6,9H,3-4,7-8,10H2,1-2H3,(H,17,18). The predicted octanol–water partition coefficient (Wildman–Crippen LogP) is 3.91. The van der Waals surface area contributed by atoms with Crippen LogP contribution < -0.4 is 5.32 Å². The number of carbonyl (C=O) groups is 1. The van der Waals surface area contributed by atoms with Crippen molar-refractivity contribution in [3.05, 3.63) is 28.2 Å². The van der Waals surface area contributed by atoms with Gasteiger partial charge in [0.25, 0.3) is 0 Å². The van der Waals surface area contributed by atoms with Crippen molar-refractivity contribution < 1.29 is 9.53 Å². The fraction of sp³-hybridized carbons (Fsp3) is 0.533. The summed E-state index contributed by atoms with van der Waals surface area (Å²) >= 11 is 3.45. The molecule has 0 aliphatic heterocycles. The lowest BCUT2D eigenvalue weighted by Gasteiger charge is -2.39. The van der Waals surface area contributed by atoms with Gasteiger partial charge >= 0.3 is 0 Å². The molecular weight excluding hydrogens is 306 g/mol. The predicted molar refractivity (Wildman–Crippen MR) is 80.4 cm³/mol. The molecule has 0 aromatic heterocycles. The van der Waals surface area contributed by atoms with Crippen LogP contribution in [0.15, 0.2) is 22.7 Å². The Bertz CT molecular complexity index is 464. The summed E-state index contributed by atoms with van der Waals surface area (Å²) in [5, 5.41) is 3.01. The van der Waals surface area contributed by atoms with Crippen LogP contribution in [0.3, 0.4) is 0 Å². The summed E-state index contributed by atoms with van der Waals surface area (Å²) in [6, 6.07) is 5.94. The highest BCUT2D eigenvalue weighted by Crippen LogP contribution is 2.38. The molecule has 2 rings (SSSR count). The molecule has 104 valence electrons. The van der Waals surface area contributed by atoms with Gasteiger partial charge in [-0.2, -0.15) is 0 Å². The van der Waals surface area contributed by atoms with Gasteiger partial charge in [-0.3, -0.25) is 4.79 Å². The van der Waals surface area contributed by atoms with Crippen LogP contribution in [0.4, 0.5) is 5.69 Å². The zero-order valence-corrected chi connectivity index (χ0v) is 13.0. The van der Waals surface area contributed by atoms with Crippen molar-refractivity contribution in [2.75, 3.05) is 12.4 Å². The maximum Gasteiger partial charge on any atom is 0.227 e. The number of amides is 1. The molecule has 1 aromatic carbocycles. The van der Waals surface area contributed by atoms with E-state index in [9.17, 15) is 4.79 Å². The van der Waals surface area contributed by atoms with Gasteiger partial charge in [-0.15, -0.1) is 0 Å². The Morgan fingerprint density at radius 3 is 2.74 bits per heavy atom. The van der Waals surface area contributed by atoms with Crippen molar-refractivity contribution in [1.29, 1.82) is 0 Å². The zero-order valence-electron chi connectivity index (χ0n) is 11.5. The molecule has 1 fully saturated rings. The number of halogens is 1. The van der Waals surface area contributed by atoms with Crippen LogP contribution in [-0.4, -0.2) is 18.6 Å². The van der Waals surface area contributed by atoms with Crippen LogP contribution in [0, 0.1) is 0 Å². The Balaban J connectivity index is 2.02. The van der Waals surface area contributed by atoms with E-state index in [1.54, 1.807) is 7.11 Å². The summed E-state index contributed by atoms with van der Waals surface area (Å²) in [5.74, 6) is 0.0403. The molecule has 1 aromatic rings. The third kappa shape index (κ3) is 3.37. The number of hydrogen-bond donors (Lipinski definition) is 1. The lowest BCUT2D eigenvalue weighted by atomic mass is 9.77. The zero-order chi connectivity index (χ0) is 13.9. The van der Waals surface area contributed by atoms with Crippen LogP contribution in [0.2, 0.25) is 0 Å². The number of anilines is 1. The molecule has 1 saturated carbocycles. The molecule has 1 N–H and O–H groups in total. The summed E-state index contributed by atoms with van der Waals surface area (Å²) in [7, 11) is 1.70. The number of nitrogens with one attached hydrogen (secondary N) is 1. The number of hydrogen-bond acceptors (Lipinski definition) is 2. The van der Waals surface area contributed by atoms with Gasteiger partial charge in [0.1, 0.15) is 0 Å². The van der Waals surface area contributed by atoms with Crippen LogP contribution in [0.1, 0.15) is 38.2 Å². The van der Waals surface area contributed by atoms with Gasteiger partial charge in [0.05, 0.1) is 12.0 Å². The SMILES string of the molecule is CCc1cc(Br)ccc1NC(=O)CC1(OC)CCC1. The first kappa shape index (κ1) is 14.5. The largest absolute Gasteiger partial charge is 0.378 e. The molecular formula is C15H20BrNO2. The monoisotopic (exact) mass is 325 g/mol. The fourth-order valence-corrected chi connectivity index (χ4v) is 2.90. The summed E-state index contributed by atoms with van der Waals surface area (Å²) < 4.78 is 6.53. The van der Waals surface area contributed by atoms with E-state index >= 15 is 0 Å². The first-order chi connectivity index (χ1) is 9.08. The van der Waals surface area contributed by atoms with Gasteiger partial charge in [0.2, 0.25) is 5.91 Å². The summed E-state index contributed by atoms with van der Waals surface area (Å²) in [6.07, 6.45) is 4.46. The third-order valence-electron chi connectivity index (χ3n) is 3.90. The Morgan fingerprint density at radius 2 is 2.21 bits per heavy atom. The molecule has 1 aliphatic carbocycles. The summed E-state index contributed by atoms with van der Waals surface area (Å²) in [4.78, 5) is 12.1. The molecule has 0 unspecified atom stereocenters. The van der Waals surface area contributed by atoms with Gasteiger partial charge in [-0.1, -0.05) is 22.9 Å². The third-order valence-corrected chi connectivity index (χ3v) is 4.40. The van der Waals surface area contributed by atoms with Crippen LogP contribution in [-0.2, 0) is 16.0 Å². The first-order valence-electron chi connectivity index (χ1n) is 6.72. The Hall–Kier alpha value is -0.870. The lowest BCUT2D eigenvalue weighted by Crippen LogP contribution is -2.42. The first-order valence-corrected chi connectivity index (χ1v) is 7.51. The quantitative estimate of drug-likeness (QED) is 0.891. The second kappa shape index (κ2) is 6.06. The van der Waals surface area contributed by atoms with Gasteiger partial charge in [-0.05, 0) is 49.4 Å². The molecule has 0 saturated heterocycles. The second-order valence-corrected chi connectivity index (χ2v) is 6.04. The maximum absolute atomic E-state index is 12.1. The Kier molecular flexibility index (Phi) is 4.63. The highest BCUT2D eigenvalue weighted by Gasteiger charge is 2.39. The van der Waals surface area contributed by atoms with E-state index in [0.717, 1.165) is 41.4 Å². The molecule has 0 heterocycles. The van der Waals surface area contributed by atoms with Crippen molar-refractivity contribution in [2.45, 2.75) is 44.6 Å². The molecule has 1 amide bonds. The number of benzene rings is 1. The van der Waals surface area contributed by atoms with E-state index in [-0.39, 0.29) is 11.5 Å². The van der Waals surface area contributed by atoms with Gasteiger partial charge < -0.3 is 10.1 Å². The van der Waals surface area contributed by atoms with Crippen molar-refractivity contribution in [3.63, 3.8) is 0 Å². The second-order valence-electron chi connectivity index (χ2n) is 5.12. The molecule has 0 bridgehead atoms. The van der Waals surface area contributed by atoms with Crippen molar-refractivity contribution in [3.8, 4) is 0 Å². The maximum atomic E-state index is 12.1. The number of methoxy groups -OCH3 is 1. The summed E-state index contributed by atoms with van der Waals surface area (Å²) in [6.45, 7) is 2.08. The van der Waals surface area contributed by atoms with Crippen LogP contribution >= 0.6 is 15.9 Å². The van der Waals surface area contributed by atoms with Gasteiger partial charge in [0, 0.05) is 17.3 Å². The van der Waals surface area contributed by atoms with E-state index in [1.165, 1.54) is 0 Å². The Morgan fingerprint density at radius 1 is 1.47 bits per heavy atom. The van der Waals surface area contributed by atoms with Gasteiger partial charge in [0.15, 0.2) is 0 Å². The van der Waals surface area contributed by atoms with Crippen molar-refractivity contribution >= 4 is 27.5 Å². The fourth-order valence-electron chi connectivity index (χ4n) is 2.49. The smallest absolute Gasteiger partial charge is 0.227 e. The molecule has 0 atom stereocenters. The van der Waals surface area contributed by atoms with Crippen molar-refractivity contribution in [1.82, 2.24) is 0 Å². The topological polar surface area (TPSA) is 38.3 Å². The molecule has 1 aliphatic rings. The normalized spacial score (nSPS) is 16.8. The molecule has 3 nitrogen and oxygen atoms in total. The van der Waals surface area contributed by atoms with E-state index in [2.05, 4.69) is 28.2 Å². The number of rotatable bonds is 5. The van der Waals surface area contributed by atoms with E-state index in [1.807, 2.05) is 18.2 Å². The number of aryl methyl sites for hydroxylation is 1. The molecule has 4 heteroatoms. The van der Waals surface area contributed by atoms with E-state index < -0.39 is 0 Å². The average Bonchev–Trinajstić information content (AvgIpc) is 2.36. The van der Waals surface area contributed by atoms with Crippen LogP contribution in [0.5, 0.6) is 0 Å². The lowest BCUT2D eigenvalue weighted by molar-refractivity contribution is -0.129. The minimum absolute atomic E-state index is 0.0403. The highest BCUT2D eigenvalue weighted by atomic mass is 79.9. The molecule has 0 spiro atoms. The van der Waals surface area contributed by atoms with E-state index in [4.69, 9.17) is 4.74 Å².